The minimum atomic E-state index is 0.211. The molecule has 0 saturated heterocycles. The van der Waals surface area contributed by atoms with Gasteiger partial charge in [-0.3, -0.25) is 0 Å². The zero-order chi connectivity index (χ0) is 8.97. The topological polar surface area (TPSA) is 26.0 Å². The largest absolute Gasteiger partial charge is 0.324 e. The van der Waals surface area contributed by atoms with Gasteiger partial charge in [-0.2, -0.15) is 0 Å². The third-order valence-corrected chi connectivity index (χ3v) is 2.32. The molecule has 1 heteroatoms. The Morgan fingerprint density at radius 2 is 2.33 bits per heavy atom. The molecule has 1 unspecified atom stereocenters. The summed E-state index contributed by atoms with van der Waals surface area (Å²) in [6.07, 6.45) is 9.58. The van der Waals surface area contributed by atoms with Gasteiger partial charge < -0.3 is 5.73 Å². The van der Waals surface area contributed by atoms with Crippen LogP contribution in [0.5, 0.6) is 0 Å². The number of rotatable bonds is 2. The van der Waals surface area contributed by atoms with Gasteiger partial charge >= 0.3 is 0 Å². The average Bonchev–Trinajstić information content (AvgIpc) is 2.05. The van der Waals surface area contributed by atoms with Crippen molar-refractivity contribution in [1.29, 1.82) is 0 Å². The van der Waals surface area contributed by atoms with E-state index in [2.05, 4.69) is 18.7 Å². The Kier molecular flexibility index (Phi) is 3.30. The minimum absolute atomic E-state index is 0.211. The number of allylic oxidation sites excluding steroid dienone is 3. The molecule has 0 bridgehead atoms. The zero-order valence-corrected chi connectivity index (χ0v) is 7.72. The van der Waals surface area contributed by atoms with Crippen LogP contribution in [0.15, 0.2) is 36.0 Å². The fraction of sp³-hybridized carbons (Fsp3) is 0.455. The SMILES string of the molecule is C=CC1=C(/C=C\C)CCCC1N. The van der Waals surface area contributed by atoms with Crippen LogP contribution < -0.4 is 5.73 Å². The first-order chi connectivity index (χ1) is 5.79. The second kappa shape index (κ2) is 4.27. The van der Waals surface area contributed by atoms with Crippen LogP contribution in [-0.2, 0) is 0 Å². The molecule has 0 aliphatic heterocycles. The summed E-state index contributed by atoms with van der Waals surface area (Å²) in [5.41, 5.74) is 8.55. The monoisotopic (exact) mass is 163 g/mol. The maximum Gasteiger partial charge on any atom is 0.0297 e. The zero-order valence-electron chi connectivity index (χ0n) is 7.72. The van der Waals surface area contributed by atoms with Crippen molar-refractivity contribution in [1.82, 2.24) is 0 Å². The summed E-state index contributed by atoms with van der Waals surface area (Å²) in [6.45, 7) is 5.83. The third kappa shape index (κ3) is 1.86. The lowest BCUT2D eigenvalue weighted by atomic mass is 9.88. The van der Waals surface area contributed by atoms with Crippen molar-refractivity contribution in [3.05, 3.63) is 36.0 Å². The molecule has 0 radical (unpaired) electrons. The van der Waals surface area contributed by atoms with Crippen molar-refractivity contribution in [2.45, 2.75) is 32.2 Å². The van der Waals surface area contributed by atoms with Crippen LogP contribution in [0, 0.1) is 0 Å². The van der Waals surface area contributed by atoms with Crippen molar-refractivity contribution in [3.8, 4) is 0 Å². The summed E-state index contributed by atoms with van der Waals surface area (Å²) >= 11 is 0. The summed E-state index contributed by atoms with van der Waals surface area (Å²) < 4.78 is 0. The normalized spacial score (nSPS) is 25.0. The van der Waals surface area contributed by atoms with E-state index in [4.69, 9.17) is 5.73 Å². The van der Waals surface area contributed by atoms with Crippen LogP contribution in [0.3, 0.4) is 0 Å². The first-order valence-electron chi connectivity index (χ1n) is 4.53. The second-order valence-corrected chi connectivity index (χ2v) is 3.18. The smallest absolute Gasteiger partial charge is 0.0297 e. The third-order valence-electron chi connectivity index (χ3n) is 2.32. The number of hydrogen-bond acceptors (Lipinski definition) is 1. The van der Waals surface area contributed by atoms with Gasteiger partial charge in [0.15, 0.2) is 0 Å². The van der Waals surface area contributed by atoms with Crippen molar-refractivity contribution < 1.29 is 0 Å². The van der Waals surface area contributed by atoms with E-state index in [1.807, 2.05) is 13.0 Å². The molecule has 2 N–H and O–H groups in total. The minimum Gasteiger partial charge on any atom is -0.324 e. The Morgan fingerprint density at radius 3 is 2.92 bits per heavy atom. The van der Waals surface area contributed by atoms with Crippen LogP contribution in [0.2, 0.25) is 0 Å². The van der Waals surface area contributed by atoms with Crippen molar-refractivity contribution >= 4 is 0 Å². The molecule has 1 aliphatic carbocycles. The molecule has 66 valence electrons. The maximum absolute atomic E-state index is 5.95. The quantitative estimate of drug-likeness (QED) is 0.665. The van der Waals surface area contributed by atoms with Crippen molar-refractivity contribution in [3.63, 3.8) is 0 Å². The predicted octanol–water partition coefficient (Wildman–Crippen LogP) is 2.56. The Morgan fingerprint density at radius 1 is 1.58 bits per heavy atom. The van der Waals surface area contributed by atoms with E-state index in [0.29, 0.717) is 0 Å². The van der Waals surface area contributed by atoms with E-state index in [9.17, 15) is 0 Å². The molecule has 0 heterocycles. The van der Waals surface area contributed by atoms with Gasteiger partial charge in [0.25, 0.3) is 0 Å². The van der Waals surface area contributed by atoms with Gasteiger partial charge in [-0.15, -0.1) is 0 Å². The van der Waals surface area contributed by atoms with Crippen LogP contribution in [0.1, 0.15) is 26.2 Å². The molecular formula is C11H17N. The molecule has 1 rings (SSSR count). The van der Waals surface area contributed by atoms with Crippen LogP contribution in [-0.4, -0.2) is 6.04 Å². The highest BCUT2D eigenvalue weighted by Gasteiger charge is 2.15. The second-order valence-electron chi connectivity index (χ2n) is 3.18. The molecule has 0 aromatic rings. The summed E-state index contributed by atoms with van der Waals surface area (Å²) in [5.74, 6) is 0. The Bertz CT molecular complexity index is 223. The Hall–Kier alpha value is -0.820. The van der Waals surface area contributed by atoms with Crippen molar-refractivity contribution in [2.24, 2.45) is 5.73 Å². The maximum atomic E-state index is 5.95. The molecule has 0 spiro atoms. The van der Waals surface area contributed by atoms with Crippen molar-refractivity contribution in [2.75, 3.05) is 0 Å². The molecule has 0 fully saturated rings. The lowest BCUT2D eigenvalue weighted by Gasteiger charge is -2.22. The van der Waals surface area contributed by atoms with Crippen LogP contribution in [0.4, 0.5) is 0 Å². The Balaban J connectivity index is 2.93. The standard InChI is InChI=1S/C11H17N/c1-3-6-9-7-5-8-11(12)10(9)4-2/h3-4,6,11H,2,5,7-8,12H2,1H3/b6-3-. The highest BCUT2D eigenvalue weighted by Crippen LogP contribution is 2.25. The predicted molar refractivity (Wildman–Crippen MR) is 53.9 cm³/mol. The molecule has 0 amide bonds. The molecule has 1 aliphatic rings. The highest BCUT2D eigenvalue weighted by atomic mass is 14.6. The molecule has 0 saturated carbocycles. The van der Waals surface area contributed by atoms with E-state index in [1.165, 1.54) is 17.6 Å². The fourth-order valence-corrected chi connectivity index (χ4v) is 1.71. The highest BCUT2D eigenvalue weighted by molar-refractivity contribution is 5.37. The lowest BCUT2D eigenvalue weighted by Crippen LogP contribution is -2.25. The van der Waals surface area contributed by atoms with Crippen LogP contribution >= 0.6 is 0 Å². The van der Waals surface area contributed by atoms with E-state index in [1.54, 1.807) is 0 Å². The van der Waals surface area contributed by atoms with Gasteiger partial charge in [0, 0.05) is 6.04 Å². The van der Waals surface area contributed by atoms with E-state index >= 15 is 0 Å². The molecule has 1 atom stereocenters. The van der Waals surface area contributed by atoms with Gasteiger partial charge in [-0.05, 0) is 37.3 Å². The van der Waals surface area contributed by atoms with E-state index in [0.717, 1.165) is 12.8 Å². The summed E-state index contributed by atoms with van der Waals surface area (Å²) in [5, 5.41) is 0. The first kappa shape index (κ1) is 9.27. The Labute approximate surface area is 74.7 Å². The lowest BCUT2D eigenvalue weighted by molar-refractivity contribution is 0.612. The number of hydrogen-bond donors (Lipinski definition) is 1. The molecule has 0 aromatic carbocycles. The molecular weight excluding hydrogens is 146 g/mol. The van der Waals surface area contributed by atoms with Gasteiger partial charge in [0.05, 0.1) is 0 Å². The van der Waals surface area contributed by atoms with Gasteiger partial charge in [-0.1, -0.05) is 24.8 Å². The first-order valence-corrected chi connectivity index (χ1v) is 4.53. The van der Waals surface area contributed by atoms with Gasteiger partial charge in [0.1, 0.15) is 0 Å². The summed E-state index contributed by atoms with van der Waals surface area (Å²) in [4.78, 5) is 0. The summed E-state index contributed by atoms with van der Waals surface area (Å²) in [7, 11) is 0. The van der Waals surface area contributed by atoms with Crippen LogP contribution in [0.25, 0.3) is 0 Å². The fourth-order valence-electron chi connectivity index (χ4n) is 1.71. The average molecular weight is 163 g/mol. The number of nitrogens with two attached hydrogens (primary N) is 1. The van der Waals surface area contributed by atoms with E-state index < -0.39 is 0 Å². The molecule has 0 aromatic heterocycles. The van der Waals surface area contributed by atoms with Gasteiger partial charge in [-0.25, -0.2) is 0 Å². The van der Waals surface area contributed by atoms with E-state index in [-0.39, 0.29) is 6.04 Å². The summed E-state index contributed by atoms with van der Waals surface area (Å²) in [6, 6.07) is 0.211. The van der Waals surface area contributed by atoms with Gasteiger partial charge in [0.2, 0.25) is 0 Å². The molecule has 1 nitrogen and oxygen atoms in total. The molecule has 12 heavy (non-hydrogen) atoms.